The minimum absolute atomic E-state index is 0.00556. The zero-order valence-corrected chi connectivity index (χ0v) is 15.5. The molecule has 3 heteroatoms. The van der Waals surface area contributed by atoms with E-state index in [1.165, 1.54) is 0 Å². The summed E-state index contributed by atoms with van der Waals surface area (Å²) < 4.78 is 0. The number of hydrogen-bond donors (Lipinski definition) is 0. The molecule has 0 N–H and O–H groups in total. The van der Waals surface area contributed by atoms with Crippen LogP contribution in [0.1, 0.15) is 59.3 Å². The summed E-state index contributed by atoms with van der Waals surface area (Å²) in [6.45, 7) is 6.09. The van der Waals surface area contributed by atoms with E-state index in [1.807, 2.05) is 6.08 Å². The Morgan fingerprint density at radius 2 is 1.96 bits per heavy atom. The van der Waals surface area contributed by atoms with Crippen LogP contribution in [0.4, 0.5) is 0 Å². The molecule has 6 unspecified atom stereocenters. The van der Waals surface area contributed by atoms with Gasteiger partial charge in [-0.2, -0.15) is 0 Å². The van der Waals surface area contributed by atoms with Gasteiger partial charge in [0.05, 0.1) is 0 Å². The number of allylic oxidation sites excluding steroid dienone is 4. The molecule has 0 saturated heterocycles. The van der Waals surface area contributed by atoms with E-state index in [4.69, 9.17) is 0 Å². The van der Waals surface area contributed by atoms with Crippen molar-refractivity contribution in [1.29, 1.82) is 0 Å². The van der Waals surface area contributed by atoms with Crippen molar-refractivity contribution in [2.24, 2.45) is 34.5 Å². The first-order chi connectivity index (χ1) is 11.8. The molecule has 0 aromatic rings. The maximum absolute atomic E-state index is 13.3. The average molecular weight is 340 g/mol. The third kappa shape index (κ3) is 2.34. The van der Waals surface area contributed by atoms with E-state index >= 15 is 0 Å². The number of carbonyl (C=O) groups is 3. The van der Waals surface area contributed by atoms with Crippen LogP contribution in [0.3, 0.4) is 0 Å². The van der Waals surface area contributed by atoms with Gasteiger partial charge in [-0.05, 0) is 67.9 Å². The normalized spacial score (nSPS) is 45.5. The van der Waals surface area contributed by atoms with Gasteiger partial charge in [0.25, 0.3) is 0 Å². The smallest absolute Gasteiger partial charge is 0.178 e. The molecule has 0 bridgehead atoms. The van der Waals surface area contributed by atoms with E-state index in [0.717, 1.165) is 31.3 Å². The predicted molar refractivity (Wildman–Crippen MR) is 95.8 cm³/mol. The van der Waals surface area contributed by atoms with Gasteiger partial charge in [-0.25, -0.2) is 0 Å². The predicted octanol–water partition coefficient (Wildman–Crippen LogP) is 4.07. The van der Waals surface area contributed by atoms with Crippen molar-refractivity contribution < 1.29 is 14.4 Å². The Bertz CT molecular complexity index is 715. The lowest BCUT2D eigenvalue weighted by Crippen LogP contribution is -2.54. The average Bonchev–Trinajstić information content (AvgIpc) is 2.83. The zero-order valence-electron chi connectivity index (χ0n) is 15.5. The molecule has 4 aliphatic rings. The molecule has 25 heavy (non-hydrogen) atoms. The monoisotopic (exact) mass is 340 g/mol. The van der Waals surface area contributed by atoms with Crippen molar-refractivity contribution in [3.8, 4) is 0 Å². The second kappa shape index (κ2) is 5.49. The second-order valence-electron chi connectivity index (χ2n) is 9.30. The topological polar surface area (TPSA) is 51.2 Å². The summed E-state index contributed by atoms with van der Waals surface area (Å²) in [4.78, 5) is 36.8. The van der Waals surface area contributed by atoms with E-state index in [9.17, 15) is 14.4 Å². The number of carbonyl (C=O) groups excluding carboxylic acids is 3. The Labute approximate surface area is 149 Å². The van der Waals surface area contributed by atoms with Gasteiger partial charge in [0, 0.05) is 24.2 Å². The molecular weight excluding hydrogens is 312 g/mol. The Morgan fingerprint density at radius 1 is 1.20 bits per heavy atom. The number of ketones is 3. The quantitative estimate of drug-likeness (QED) is 0.761. The van der Waals surface area contributed by atoms with Gasteiger partial charge in [-0.15, -0.1) is 0 Å². The maximum atomic E-state index is 13.3. The fourth-order valence-corrected chi connectivity index (χ4v) is 6.81. The molecule has 0 amide bonds. The molecule has 134 valence electrons. The highest BCUT2D eigenvalue weighted by atomic mass is 16.1. The molecule has 4 rings (SSSR count). The number of fused-ring (bicyclic) bond motifs is 5. The standard InChI is InChI=1S/C22H28O3/c1-13(23)10-14-5-7-18-17-6-4-15-11-16(24)8-9-21(15,2)20(17)19(25)12-22(14,18)3/h8-9,11,14,17-18,20H,4-7,10,12H2,1-3H3. The molecule has 0 aliphatic heterocycles. The second-order valence-corrected chi connectivity index (χ2v) is 9.30. The van der Waals surface area contributed by atoms with Gasteiger partial charge >= 0.3 is 0 Å². The minimum Gasteiger partial charge on any atom is -0.300 e. The van der Waals surface area contributed by atoms with E-state index < -0.39 is 0 Å². The molecule has 0 aromatic heterocycles. The van der Waals surface area contributed by atoms with Crippen molar-refractivity contribution in [3.05, 3.63) is 23.8 Å². The molecule has 3 fully saturated rings. The molecule has 6 atom stereocenters. The van der Waals surface area contributed by atoms with Crippen molar-refractivity contribution in [2.75, 3.05) is 0 Å². The van der Waals surface area contributed by atoms with Crippen LogP contribution in [-0.2, 0) is 14.4 Å². The van der Waals surface area contributed by atoms with E-state index in [0.29, 0.717) is 36.4 Å². The summed E-state index contributed by atoms with van der Waals surface area (Å²) in [6.07, 6.45) is 10.8. The minimum atomic E-state index is -0.284. The summed E-state index contributed by atoms with van der Waals surface area (Å²) in [5.74, 6) is 1.94. The molecule has 3 saturated carbocycles. The fraction of sp³-hybridized carbons (Fsp3) is 0.682. The molecule has 0 aromatic carbocycles. The van der Waals surface area contributed by atoms with E-state index in [1.54, 1.807) is 19.1 Å². The molecular formula is C22H28O3. The highest BCUT2D eigenvalue weighted by molar-refractivity contribution is 6.01. The van der Waals surface area contributed by atoms with Crippen LogP contribution in [0.15, 0.2) is 23.8 Å². The highest BCUT2D eigenvalue weighted by Gasteiger charge is 2.61. The van der Waals surface area contributed by atoms with Gasteiger partial charge in [-0.1, -0.05) is 25.5 Å². The van der Waals surface area contributed by atoms with Crippen LogP contribution in [0.5, 0.6) is 0 Å². The third-order valence-electron chi connectivity index (χ3n) is 7.98. The Hall–Kier alpha value is -1.51. The van der Waals surface area contributed by atoms with Gasteiger partial charge in [0.1, 0.15) is 11.6 Å². The van der Waals surface area contributed by atoms with Crippen LogP contribution in [-0.4, -0.2) is 17.3 Å². The first kappa shape index (κ1) is 16.9. The largest absolute Gasteiger partial charge is 0.300 e. The lowest BCUT2D eigenvalue weighted by atomic mass is 9.47. The van der Waals surface area contributed by atoms with Gasteiger partial charge in [0.2, 0.25) is 0 Å². The Morgan fingerprint density at radius 3 is 2.68 bits per heavy atom. The van der Waals surface area contributed by atoms with Crippen LogP contribution < -0.4 is 0 Å². The van der Waals surface area contributed by atoms with Gasteiger partial charge in [0.15, 0.2) is 5.78 Å². The van der Waals surface area contributed by atoms with Crippen LogP contribution >= 0.6 is 0 Å². The summed E-state index contributed by atoms with van der Waals surface area (Å²) in [5, 5.41) is 0. The fourth-order valence-electron chi connectivity index (χ4n) is 6.81. The molecule has 0 heterocycles. The van der Waals surface area contributed by atoms with Crippen molar-refractivity contribution in [3.63, 3.8) is 0 Å². The molecule has 0 radical (unpaired) electrons. The van der Waals surface area contributed by atoms with Crippen molar-refractivity contribution in [2.45, 2.75) is 59.3 Å². The lowest BCUT2D eigenvalue weighted by molar-refractivity contribution is -0.143. The third-order valence-corrected chi connectivity index (χ3v) is 7.98. The van der Waals surface area contributed by atoms with Crippen LogP contribution in [0.2, 0.25) is 0 Å². The maximum Gasteiger partial charge on any atom is 0.178 e. The first-order valence-corrected chi connectivity index (χ1v) is 9.72. The molecule has 0 spiro atoms. The SMILES string of the molecule is CC(=O)CC1CCC2C3CCC4=CC(=O)C=CC4(C)C3C(=O)CC12C. The first-order valence-electron chi connectivity index (χ1n) is 9.72. The Kier molecular flexibility index (Phi) is 3.72. The zero-order chi connectivity index (χ0) is 18.0. The van der Waals surface area contributed by atoms with E-state index in [2.05, 4.69) is 13.8 Å². The Balaban J connectivity index is 1.70. The number of hydrogen-bond acceptors (Lipinski definition) is 3. The summed E-state index contributed by atoms with van der Waals surface area (Å²) in [7, 11) is 0. The lowest BCUT2D eigenvalue weighted by Gasteiger charge is -2.55. The van der Waals surface area contributed by atoms with Crippen molar-refractivity contribution >= 4 is 17.3 Å². The molecule has 3 nitrogen and oxygen atoms in total. The van der Waals surface area contributed by atoms with Crippen LogP contribution in [0.25, 0.3) is 0 Å². The van der Waals surface area contributed by atoms with Gasteiger partial charge < -0.3 is 4.79 Å². The summed E-state index contributed by atoms with van der Waals surface area (Å²) in [5.41, 5.74) is 0.848. The number of rotatable bonds is 2. The summed E-state index contributed by atoms with van der Waals surface area (Å²) >= 11 is 0. The van der Waals surface area contributed by atoms with Crippen LogP contribution in [0, 0.1) is 34.5 Å². The summed E-state index contributed by atoms with van der Waals surface area (Å²) in [6, 6.07) is 0. The number of Topliss-reactive ketones (excluding diaryl/α,β-unsaturated/α-hetero) is 2. The van der Waals surface area contributed by atoms with Crippen molar-refractivity contribution in [1.82, 2.24) is 0 Å². The van der Waals surface area contributed by atoms with Gasteiger partial charge in [-0.3, -0.25) is 9.59 Å². The highest BCUT2D eigenvalue weighted by Crippen LogP contribution is 2.65. The molecule has 4 aliphatic carbocycles. The van der Waals surface area contributed by atoms with E-state index in [-0.39, 0.29) is 28.3 Å².